The molecule has 6 heteroatoms. The number of carbonyl (C=O) groups is 1. The number of likely N-dealkylation sites (tertiary alicyclic amines) is 2. The third-order valence-electron chi connectivity index (χ3n) is 6.17. The van der Waals surface area contributed by atoms with Crippen LogP contribution >= 0.6 is 0 Å². The summed E-state index contributed by atoms with van der Waals surface area (Å²) in [5, 5.41) is 4.11. The first-order chi connectivity index (χ1) is 12.2. The molecule has 1 aromatic heterocycles. The van der Waals surface area contributed by atoms with Crippen molar-refractivity contribution in [1.82, 2.24) is 19.9 Å². The maximum absolute atomic E-state index is 12.1. The van der Waals surface area contributed by atoms with Crippen LogP contribution in [0.15, 0.2) is 4.52 Å². The minimum atomic E-state index is 0.257. The van der Waals surface area contributed by atoms with Crippen molar-refractivity contribution in [3.8, 4) is 0 Å². The van der Waals surface area contributed by atoms with E-state index in [1.54, 1.807) is 6.92 Å². The van der Waals surface area contributed by atoms with Gasteiger partial charge in [-0.1, -0.05) is 18.0 Å². The predicted molar refractivity (Wildman–Crippen MR) is 93.9 cm³/mol. The van der Waals surface area contributed by atoms with E-state index in [0.29, 0.717) is 17.9 Å². The number of hydrogen-bond acceptors (Lipinski definition) is 5. The fourth-order valence-electron chi connectivity index (χ4n) is 4.54. The van der Waals surface area contributed by atoms with Crippen LogP contribution in [0, 0.1) is 5.92 Å². The summed E-state index contributed by atoms with van der Waals surface area (Å²) in [6.45, 7) is 5.59. The molecule has 0 bridgehead atoms. The molecule has 4 rings (SSSR count). The maximum atomic E-state index is 12.1. The first-order valence-electron chi connectivity index (χ1n) is 10.0. The summed E-state index contributed by atoms with van der Waals surface area (Å²) in [4.78, 5) is 21.2. The van der Waals surface area contributed by atoms with Gasteiger partial charge in [0.05, 0.1) is 6.54 Å². The Morgan fingerprint density at radius 2 is 1.88 bits per heavy atom. The number of aromatic nitrogens is 2. The van der Waals surface area contributed by atoms with Crippen molar-refractivity contribution in [3.63, 3.8) is 0 Å². The van der Waals surface area contributed by atoms with Crippen LogP contribution in [0.4, 0.5) is 0 Å². The van der Waals surface area contributed by atoms with Crippen LogP contribution in [0.25, 0.3) is 0 Å². The Bertz CT molecular complexity index is 590. The van der Waals surface area contributed by atoms with Gasteiger partial charge in [-0.15, -0.1) is 0 Å². The molecule has 25 heavy (non-hydrogen) atoms. The first kappa shape index (κ1) is 17.0. The molecule has 3 fully saturated rings. The fraction of sp³-hybridized carbons (Fsp3) is 0.842. The lowest BCUT2D eigenvalue weighted by molar-refractivity contribution is -0.132. The molecule has 0 spiro atoms. The van der Waals surface area contributed by atoms with Crippen LogP contribution in [-0.2, 0) is 11.3 Å². The Labute approximate surface area is 149 Å². The van der Waals surface area contributed by atoms with Crippen LogP contribution in [0.3, 0.4) is 0 Å². The van der Waals surface area contributed by atoms with Gasteiger partial charge >= 0.3 is 0 Å². The Hall–Kier alpha value is -1.43. The molecule has 1 saturated carbocycles. The number of hydrogen-bond donors (Lipinski definition) is 0. The molecular weight excluding hydrogens is 316 g/mol. The summed E-state index contributed by atoms with van der Waals surface area (Å²) in [6, 6.07) is 0.451. The standard InChI is InChI=1S/C19H30N4O2/c1-14(24)23-10-4-2-3-5-17(23)15-8-11-22(12-9-15)13-18-20-19(21-25-18)16-6-7-16/h15-17H,2-13H2,1H3/t17-/m1/s1. The van der Waals surface area contributed by atoms with Gasteiger partial charge in [0, 0.05) is 25.4 Å². The monoisotopic (exact) mass is 346 g/mol. The second kappa shape index (κ2) is 7.44. The molecule has 0 N–H and O–H groups in total. The minimum absolute atomic E-state index is 0.257. The van der Waals surface area contributed by atoms with Gasteiger partial charge in [-0.2, -0.15) is 4.98 Å². The third kappa shape index (κ3) is 4.05. The lowest BCUT2D eigenvalue weighted by Crippen LogP contribution is -2.47. The largest absolute Gasteiger partial charge is 0.340 e. The molecule has 0 radical (unpaired) electrons. The molecule has 1 amide bonds. The van der Waals surface area contributed by atoms with E-state index in [-0.39, 0.29) is 5.91 Å². The van der Waals surface area contributed by atoms with E-state index in [2.05, 4.69) is 19.9 Å². The lowest BCUT2D eigenvalue weighted by atomic mass is 9.86. The second-order valence-electron chi connectivity index (χ2n) is 8.06. The summed E-state index contributed by atoms with van der Waals surface area (Å²) in [5.74, 6) is 3.12. The topological polar surface area (TPSA) is 62.5 Å². The zero-order valence-corrected chi connectivity index (χ0v) is 15.3. The van der Waals surface area contributed by atoms with E-state index in [9.17, 15) is 4.79 Å². The van der Waals surface area contributed by atoms with E-state index in [1.165, 1.54) is 32.1 Å². The number of rotatable bonds is 4. The van der Waals surface area contributed by atoms with Crippen LogP contribution in [0.2, 0.25) is 0 Å². The number of carbonyl (C=O) groups excluding carboxylic acids is 1. The average Bonchev–Trinajstić information content (AvgIpc) is 3.40. The van der Waals surface area contributed by atoms with Crippen molar-refractivity contribution < 1.29 is 9.32 Å². The second-order valence-corrected chi connectivity index (χ2v) is 8.06. The predicted octanol–water partition coefficient (Wildman–Crippen LogP) is 2.95. The Morgan fingerprint density at radius 1 is 1.08 bits per heavy atom. The SMILES string of the molecule is CC(=O)N1CCCCC[C@@H]1C1CCN(Cc2nc(C3CC3)no2)CC1. The van der Waals surface area contributed by atoms with E-state index in [0.717, 1.165) is 57.2 Å². The van der Waals surface area contributed by atoms with E-state index in [1.807, 2.05) is 0 Å². The zero-order chi connectivity index (χ0) is 17.2. The highest BCUT2D eigenvalue weighted by atomic mass is 16.5. The fourth-order valence-corrected chi connectivity index (χ4v) is 4.54. The molecule has 1 atom stereocenters. The summed E-state index contributed by atoms with van der Waals surface area (Å²) in [7, 11) is 0. The van der Waals surface area contributed by atoms with Gasteiger partial charge in [-0.25, -0.2) is 0 Å². The van der Waals surface area contributed by atoms with Crippen molar-refractivity contribution in [2.75, 3.05) is 19.6 Å². The summed E-state index contributed by atoms with van der Waals surface area (Å²) < 4.78 is 5.42. The average molecular weight is 346 g/mol. The number of amides is 1. The molecule has 138 valence electrons. The quantitative estimate of drug-likeness (QED) is 0.839. The molecule has 6 nitrogen and oxygen atoms in total. The van der Waals surface area contributed by atoms with Gasteiger partial charge in [0.1, 0.15) is 0 Å². The van der Waals surface area contributed by atoms with Crippen LogP contribution in [-0.4, -0.2) is 51.5 Å². The van der Waals surface area contributed by atoms with E-state index < -0.39 is 0 Å². The third-order valence-corrected chi connectivity index (χ3v) is 6.17. The molecule has 3 heterocycles. The molecule has 0 unspecified atom stereocenters. The van der Waals surface area contributed by atoms with Gasteiger partial charge in [-0.3, -0.25) is 9.69 Å². The highest BCUT2D eigenvalue weighted by Crippen LogP contribution is 2.38. The molecule has 2 saturated heterocycles. The number of nitrogens with zero attached hydrogens (tertiary/aromatic N) is 4. The smallest absolute Gasteiger partial charge is 0.240 e. The zero-order valence-electron chi connectivity index (χ0n) is 15.3. The van der Waals surface area contributed by atoms with E-state index in [4.69, 9.17) is 4.52 Å². The minimum Gasteiger partial charge on any atom is -0.340 e. The summed E-state index contributed by atoms with van der Waals surface area (Å²) in [6.07, 6.45) is 9.61. The highest BCUT2D eigenvalue weighted by Gasteiger charge is 2.33. The van der Waals surface area contributed by atoms with Crippen LogP contribution < -0.4 is 0 Å². The van der Waals surface area contributed by atoms with Gasteiger partial charge < -0.3 is 9.42 Å². The molecule has 1 aromatic rings. The Morgan fingerprint density at radius 3 is 2.60 bits per heavy atom. The van der Waals surface area contributed by atoms with Crippen LogP contribution in [0.5, 0.6) is 0 Å². The van der Waals surface area contributed by atoms with Gasteiger partial charge in [-0.05, 0) is 57.5 Å². The Balaban J connectivity index is 1.31. The van der Waals surface area contributed by atoms with Crippen molar-refractivity contribution in [2.24, 2.45) is 5.92 Å². The molecule has 3 aliphatic rings. The van der Waals surface area contributed by atoms with Crippen molar-refractivity contribution in [2.45, 2.75) is 76.8 Å². The number of piperidine rings is 1. The van der Waals surface area contributed by atoms with Crippen LogP contribution in [0.1, 0.15) is 75.9 Å². The van der Waals surface area contributed by atoms with E-state index >= 15 is 0 Å². The van der Waals surface area contributed by atoms with Gasteiger partial charge in [0.25, 0.3) is 0 Å². The van der Waals surface area contributed by atoms with Gasteiger partial charge in [0.15, 0.2) is 5.82 Å². The summed E-state index contributed by atoms with van der Waals surface area (Å²) >= 11 is 0. The molecular formula is C19H30N4O2. The molecule has 2 aliphatic heterocycles. The van der Waals surface area contributed by atoms with Gasteiger partial charge in [0.2, 0.25) is 11.8 Å². The van der Waals surface area contributed by atoms with Crippen molar-refractivity contribution in [3.05, 3.63) is 11.7 Å². The van der Waals surface area contributed by atoms with Crippen molar-refractivity contribution in [1.29, 1.82) is 0 Å². The molecule has 0 aromatic carbocycles. The highest BCUT2D eigenvalue weighted by molar-refractivity contribution is 5.73. The first-order valence-corrected chi connectivity index (χ1v) is 10.0. The lowest BCUT2D eigenvalue weighted by Gasteiger charge is -2.40. The maximum Gasteiger partial charge on any atom is 0.240 e. The summed E-state index contributed by atoms with van der Waals surface area (Å²) in [5.41, 5.74) is 0. The Kier molecular flexibility index (Phi) is 5.06. The normalized spacial score (nSPS) is 26.6. The van der Waals surface area contributed by atoms with Crippen molar-refractivity contribution >= 4 is 5.91 Å². The molecule has 1 aliphatic carbocycles.